The minimum absolute atomic E-state index is 0.0590. The molecule has 0 atom stereocenters. The minimum atomic E-state index is -0.422. The van der Waals surface area contributed by atoms with E-state index in [1.54, 1.807) is 7.05 Å². The van der Waals surface area contributed by atoms with Crippen LogP contribution < -0.4 is 10.2 Å². The normalized spacial score (nSPS) is 10.9. The first-order valence-corrected chi connectivity index (χ1v) is 6.78. The highest BCUT2D eigenvalue weighted by Gasteiger charge is 2.27. The standard InChI is InChI=1S/C13H23N5O2/c1-9(2)6-17(7-10(3)4)13-11(18(19)20)12(14-5)15-8-16-13/h8-10H,6-7H2,1-5H3,(H,14,15,16). The average molecular weight is 281 g/mol. The fourth-order valence-corrected chi connectivity index (χ4v) is 2.08. The Hall–Kier alpha value is -1.92. The summed E-state index contributed by atoms with van der Waals surface area (Å²) in [5, 5.41) is 14.1. The second kappa shape index (κ2) is 7.02. The van der Waals surface area contributed by atoms with Crippen molar-refractivity contribution in [1.29, 1.82) is 0 Å². The van der Waals surface area contributed by atoms with Crippen molar-refractivity contribution in [2.24, 2.45) is 11.8 Å². The maximum atomic E-state index is 11.3. The predicted octanol–water partition coefficient (Wildman–Crippen LogP) is 2.54. The zero-order chi connectivity index (χ0) is 15.3. The second-order valence-corrected chi connectivity index (χ2v) is 5.59. The van der Waals surface area contributed by atoms with Crippen LogP contribution in [0.1, 0.15) is 27.7 Å². The maximum Gasteiger partial charge on any atom is 0.353 e. The van der Waals surface area contributed by atoms with Gasteiger partial charge in [0.05, 0.1) is 4.92 Å². The molecule has 1 aromatic heterocycles. The lowest BCUT2D eigenvalue weighted by atomic mass is 10.1. The van der Waals surface area contributed by atoms with E-state index in [9.17, 15) is 10.1 Å². The van der Waals surface area contributed by atoms with Gasteiger partial charge in [-0.15, -0.1) is 0 Å². The number of aromatic nitrogens is 2. The molecular formula is C13H23N5O2. The number of nitrogens with one attached hydrogen (secondary N) is 1. The fraction of sp³-hybridized carbons (Fsp3) is 0.692. The highest BCUT2D eigenvalue weighted by Crippen LogP contribution is 2.32. The van der Waals surface area contributed by atoms with Crippen LogP contribution in [0.25, 0.3) is 0 Å². The van der Waals surface area contributed by atoms with Crippen LogP contribution in [0.15, 0.2) is 6.33 Å². The van der Waals surface area contributed by atoms with E-state index < -0.39 is 4.92 Å². The highest BCUT2D eigenvalue weighted by molar-refractivity contribution is 5.70. The first kappa shape index (κ1) is 16.1. The van der Waals surface area contributed by atoms with Gasteiger partial charge >= 0.3 is 5.69 Å². The molecule has 112 valence electrons. The maximum absolute atomic E-state index is 11.3. The summed E-state index contributed by atoms with van der Waals surface area (Å²) < 4.78 is 0. The molecule has 1 rings (SSSR count). The lowest BCUT2D eigenvalue weighted by Gasteiger charge is -2.27. The molecule has 0 radical (unpaired) electrons. The molecule has 1 heterocycles. The number of anilines is 2. The lowest BCUT2D eigenvalue weighted by molar-refractivity contribution is -0.383. The third-order valence-electron chi connectivity index (χ3n) is 2.69. The van der Waals surface area contributed by atoms with E-state index in [-0.39, 0.29) is 11.5 Å². The molecule has 0 saturated heterocycles. The molecule has 0 fully saturated rings. The SMILES string of the molecule is CNc1ncnc(N(CC(C)C)CC(C)C)c1[N+](=O)[O-]. The third-order valence-corrected chi connectivity index (χ3v) is 2.69. The summed E-state index contributed by atoms with van der Waals surface area (Å²) in [4.78, 5) is 21.0. The molecule has 0 saturated carbocycles. The van der Waals surface area contributed by atoms with Crippen LogP contribution in [-0.2, 0) is 0 Å². The predicted molar refractivity (Wildman–Crippen MR) is 80.1 cm³/mol. The number of rotatable bonds is 7. The van der Waals surface area contributed by atoms with Gasteiger partial charge in [-0.1, -0.05) is 27.7 Å². The number of nitrogens with zero attached hydrogens (tertiary/aromatic N) is 4. The van der Waals surface area contributed by atoms with E-state index in [0.29, 0.717) is 17.7 Å². The second-order valence-electron chi connectivity index (χ2n) is 5.59. The molecule has 7 nitrogen and oxygen atoms in total. The average Bonchev–Trinajstić information content (AvgIpc) is 2.35. The molecular weight excluding hydrogens is 258 g/mol. The van der Waals surface area contributed by atoms with Gasteiger partial charge in [0.25, 0.3) is 0 Å². The van der Waals surface area contributed by atoms with Gasteiger partial charge in [-0.2, -0.15) is 0 Å². The zero-order valence-electron chi connectivity index (χ0n) is 12.8. The molecule has 1 aromatic rings. The Balaban J connectivity index is 3.27. The summed E-state index contributed by atoms with van der Waals surface area (Å²) in [7, 11) is 1.62. The van der Waals surface area contributed by atoms with Gasteiger partial charge in [-0.05, 0) is 11.8 Å². The van der Waals surface area contributed by atoms with E-state index in [1.807, 2.05) is 4.90 Å². The lowest BCUT2D eigenvalue weighted by Crippen LogP contribution is -2.32. The smallest absolute Gasteiger partial charge is 0.353 e. The van der Waals surface area contributed by atoms with Crippen LogP contribution in [0.5, 0.6) is 0 Å². The van der Waals surface area contributed by atoms with Crippen LogP contribution in [0.3, 0.4) is 0 Å². The molecule has 0 spiro atoms. The minimum Gasteiger partial charge on any atom is -0.367 e. The van der Waals surface area contributed by atoms with Crippen LogP contribution in [-0.4, -0.2) is 35.0 Å². The van der Waals surface area contributed by atoms with Crippen molar-refractivity contribution in [2.75, 3.05) is 30.4 Å². The Morgan fingerprint density at radius 3 is 2.20 bits per heavy atom. The van der Waals surface area contributed by atoms with E-state index >= 15 is 0 Å². The molecule has 0 aliphatic heterocycles. The van der Waals surface area contributed by atoms with Gasteiger partial charge < -0.3 is 10.2 Å². The van der Waals surface area contributed by atoms with E-state index in [0.717, 1.165) is 13.1 Å². The van der Waals surface area contributed by atoms with Crippen molar-refractivity contribution in [3.8, 4) is 0 Å². The number of nitro groups is 1. The molecule has 0 unspecified atom stereocenters. The zero-order valence-corrected chi connectivity index (χ0v) is 12.8. The molecule has 0 bridgehead atoms. The van der Waals surface area contributed by atoms with Gasteiger partial charge in [-0.25, -0.2) is 9.97 Å². The molecule has 0 aliphatic rings. The third kappa shape index (κ3) is 4.04. The van der Waals surface area contributed by atoms with Gasteiger partial charge in [0.1, 0.15) is 6.33 Å². The molecule has 7 heteroatoms. The molecule has 1 N–H and O–H groups in total. The van der Waals surface area contributed by atoms with Gasteiger partial charge in [-0.3, -0.25) is 10.1 Å². The Morgan fingerprint density at radius 2 is 1.80 bits per heavy atom. The van der Waals surface area contributed by atoms with Crippen molar-refractivity contribution in [3.05, 3.63) is 16.4 Å². The largest absolute Gasteiger partial charge is 0.367 e. The molecule has 0 aliphatic carbocycles. The highest BCUT2D eigenvalue weighted by atomic mass is 16.6. The Labute approximate surface area is 119 Å². The summed E-state index contributed by atoms with van der Waals surface area (Å²) in [5.74, 6) is 1.41. The summed E-state index contributed by atoms with van der Waals surface area (Å²) in [6.45, 7) is 9.77. The quantitative estimate of drug-likeness (QED) is 0.610. The van der Waals surface area contributed by atoms with Crippen molar-refractivity contribution in [3.63, 3.8) is 0 Å². The monoisotopic (exact) mass is 281 g/mol. The Kier molecular flexibility index (Phi) is 5.66. The molecule has 20 heavy (non-hydrogen) atoms. The van der Waals surface area contributed by atoms with Crippen LogP contribution in [0, 0.1) is 22.0 Å². The summed E-state index contributed by atoms with van der Waals surface area (Å²) >= 11 is 0. The van der Waals surface area contributed by atoms with Crippen LogP contribution in [0.4, 0.5) is 17.3 Å². The van der Waals surface area contributed by atoms with Gasteiger partial charge in [0.15, 0.2) is 0 Å². The van der Waals surface area contributed by atoms with Crippen molar-refractivity contribution in [1.82, 2.24) is 9.97 Å². The van der Waals surface area contributed by atoms with Gasteiger partial charge in [0, 0.05) is 20.1 Å². The fourth-order valence-electron chi connectivity index (χ4n) is 2.08. The van der Waals surface area contributed by atoms with E-state index in [2.05, 4.69) is 43.0 Å². The van der Waals surface area contributed by atoms with Crippen molar-refractivity contribution in [2.45, 2.75) is 27.7 Å². The van der Waals surface area contributed by atoms with Crippen molar-refractivity contribution < 1.29 is 4.92 Å². The van der Waals surface area contributed by atoms with E-state index in [1.165, 1.54) is 6.33 Å². The van der Waals surface area contributed by atoms with E-state index in [4.69, 9.17) is 0 Å². The topological polar surface area (TPSA) is 84.2 Å². The number of hydrogen-bond acceptors (Lipinski definition) is 6. The first-order chi connectivity index (χ1) is 9.36. The molecule has 0 aromatic carbocycles. The van der Waals surface area contributed by atoms with Gasteiger partial charge in [0.2, 0.25) is 11.6 Å². The molecule has 0 amide bonds. The summed E-state index contributed by atoms with van der Waals surface area (Å²) in [6, 6.07) is 0. The summed E-state index contributed by atoms with van der Waals surface area (Å²) in [5.41, 5.74) is -0.0590. The van der Waals surface area contributed by atoms with Crippen LogP contribution >= 0.6 is 0 Å². The van der Waals surface area contributed by atoms with Crippen LogP contribution in [0.2, 0.25) is 0 Å². The van der Waals surface area contributed by atoms with Crippen molar-refractivity contribution >= 4 is 17.3 Å². The Morgan fingerprint density at radius 1 is 1.25 bits per heavy atom. The summed E-state index contributed by atoms with van der Waals surface area (Å²) in [6.07, 6.45) is 1.36. The number of hydrogen-bond donors (Lipinski definition) is 1. The first-order valence-electron chi connectivity index (χ1n) is 6.78. The Bertz CT molecular complexity index is 452.